The number of non-ortho nitro benzene ring substituents is 1. The van der Waals surface area contributed by atoms with Crippen LogP contribution in [0.3, 0.4) is 0 Å². The van der Waals surface area contributed by atoms with Crippen LogP contribution >= 0.6 is 15.9 Å². The molecule has 0 saturated carbocycles. The van der Waals surface area contributed by atoms with Crippen molar-refractivity contribution in [2.75, 3.05) is 29.9 Å². The summed E-state index contributed by atoms with van der Waals surface area (Å²) in [5.41, 5.74) is 0.476. The van der Waals surface area contributed by atoms with Crippen molar-refractivity contribution >= 4 is 67.8 Å². The van der Waals surface area contributed by atoms with E-state index in [-0.39, 0.29) is 52.2 Å². The second-order valence-corrected chi connectivity index (χ2v) is 9.85. The van der Waals surface area contributed by atoms with Crippen molar-refractivity contribution in [1.29, 1.82) is 0 Å². The molecular weight excluding hydrogens is 614 g/mol. The topological polar surface area (TPSA) is 181 Å². The summed E-state index contributed by atoms with van der Waals surface area (Å²) < 4.78 is -0.00627. The second kappa shape index (κ2) is 12.6. The van der Waals surface area contributed by atoms with Crippen LogP contribution in [0.15, 0.2) is 69.3 Å². The molecule has 0 unspecified atom stereocenters. The first-order valence-corrected chi connectivity index (χ1v) is 13.5. The lowest BCUT2D eigenvalue weighted by Crippen LogP contribution is -2.38. The van der Waals surface area contributed by atoms with Gasteiger partial charge in [-0.3, -0.25) is 39.5 Å². The lowest BCUT2D eigenvalue weighted by Gasteiger charge is -2.26. The van der Waals surface area contributed by atoms with Gasteiger partial charge in [-0.15, -0.1) is 10.2 Å². The highest BCUT2D eigenvalue weighted by Gasteiger charge is 2.35. The number of nitro benzene ring substituents is 2. The highest BCUT2D eigenvalue weighted by atomic mass is 79.9. The molecule has 1 aliphatic rings. The van der Waals surface area contributed by atoms with Gasteiger partial charge in [-0.05, 0) is 53.2 Å². The quantitative estimate of drug-likeness (QED) is 0.112. The van der Waals surface area contributed by atoms with Crippen molar-refractivity contribution in [2.45, 2.75) is 20.3 Å². The number of benzene rings is 3. The number of likely N-dealkylation sites (N-methyl/N-ethyl adjacent to an activating group) is 1. The van der Waals surface area contributed by atoms with Crippen LogP contribution in [0.4, 0.5) is 34.1 Å². The Labute approximate surface area is 247 Å². The van der Waals surface area contributed by atoms with Crippen LogP contribution in [0.2, 0.25) is 0 Å². The predicted molar refractivity (Wildman–Crippen MR) is 157 cm³/mol. The number of amides is 3. The number of nitrogens with one attached hydrogen (secondary N) is 1. The molecular formula is C27H24BrN7O7. The van der Waals surface area contributed by atoms with Gasteiger partial charge in [0.15, 0.2) is 5.69 Å². The number of rotatable bonds is 11. The fraction of sp³-hybridized carbons (Fsp3) is 0.222. The first-order chi connectivity index (χ1) is 20.0. The zero-order valence-electron chi connectivity index (χ0n) is 22.4. The summed E-state index contributed by atoms with van der Waals surface area (Å²) >= 11 is 3.09. The number of imide groups is 1. The van der Waals surface area contributed by atoms with Gasteiger partial charge in [0.2, 0.25) is 5.91 Å². The summed E-state index contributed by atoms with van der Waals surface area (Å²) in [6, 6.07) is 13.4. The van der Waals surface area contributed by atoms with E-state index >= 15 is 0 Å². The van der Waals surface area contributed by atoms with E-state index in [2.05, 4.69) is 31.5 Å². The lowest BCUT2D eigenvalue weighted by molar-refractivity contribution is -0.393. The fourth-order valence-electron chi connectivity index (χ4n) is 4.30. The SMILES string of the molecule is CCC(=O)Nc1cc(N(CC)CCN2C(=O)c3ccccc3C2=O)ccc1N=Nc1c(Br)cc([N+](=O)[O-])cc1[N+](=O)[O-]. The van der Waals surface area contributed by atoms with Crippen molar-refractivity contribution in [3.8, 4) is 0 Å². The predicted octanol–water partition coefficient (Wildman–Crippen LogP) is 6.15. The van der Waals surface area contributed by atoms with Gasteiger partial charge in [-0.2, -0.15) is 0 Å². The number of hydrogen-bond donors (Lipinski definition) is 1. The van der Waals surface area contributed by atoms with E-state index in [9.17, 15) is 34.6 Å². The molecule has 3 amide bonds. The van der Waals surface area contributed by atoms with Gasteiger partial charge in [0.25, 0.3) is 17.5 Å². The average molecular weight is 638 g/mol. The zero-order valence-corrected chi connectivity index (χ0v) is 24.0. The Balaban J connectivity index is 1.62. The molecule has 0 radical (unpaired) electrons. The third-order valence-electron chi connectivity index (χ3n) is 6.49. The van der Waals surface area contributed by atoms with Gasteiger partial charge in [0.1, 0.15) is 5.69 Å². The third kappa shape index (κ3) is 6.15. The maximum Gasteiger partial charge on any atom is 0.304 e. The molecule has 3 aromatic rings. The normalized spacial score (nSPS) is 12.5. The number of carbonyl (C=O) groups excluding carboxylic acids is 3. The molecule has 42 heavy (non-hydrogen) atoms. The van der Waals surface area contributed by atoms with Crippen LogP contribution in [0.5, 0.6) is 0 Å². The molecule has 0 spiro atoms. The second-order valence-electron chi connectivity index (χ2n) is 9.00. The number of anilines is 2. The molecule has 1 aliphatic heterocycles. The molecule has 0 aliphatic carbocycles. The van der Waals surface area contributed by atoms with E-state index in [4.69, 9.17) is 0 Å². The van der Waals surface area contributed by atoms with Gasteiger partial charge in [-0.1, -0.05) is 19.1 Å². The number of nitro groups is 2. The Hall–Kier alpha value is -5.05. The van der Waals surface area contributed by atoms with Crippen LogP contribution in [0, 0.1) is 20.2 Å². The van der Waals surface area contributed by atoms with Gasteiger partial charge in [-0.25, -0.2) is 0 Å². The summed E-state index contributed by atoms with van der Waals surface area (Å²) in [5, 5.41) is 33.5. The molecule has 0 bridgehead atoms. The maximum atomic E-state index is 12.8. The molecule has 0 fully saturated rings. The summed E-state index contributed by atoms with van der Waals surface area (Å²) in [7, 11) is 0. The number of azo groups is 1. The Morgan fingerprint density at radius 3 is 2.21 bits per heavy atom. The van der Waals surface area contributed by atoms with Crippen molar-refractivity contribution < 1.29 is 24.2 Å². The van der Waals surface area contributed by atoms with E-state index in [1.54, 1.807) is 49.4 Å². The minimum absolute atomic E-state index is 0.00627. The monoisotopic (exact) mass is 637 g/mol. The van der Waals surface area contributed by atoms with Gasteiger partial charge in [0.05, 0.1) is 37.2 Å². The molecule has 0 atom stereocenters. The molecule has 3 aromatic carbocycles. The summed E-state index contributed by atoms with van der Waals surface area (Å²) in [6.45, 7) is 4.51. The molecule has 4 rings (SSSR count). The number of carbonyl (C=O) groups is 3. The van der Waals surface area contributed by atoms with E-state index in [1.807, 2.05) is 11.8 Å². The highest BCUT2D eigenvalue weighted by molar-refractivity contribution is 9.10. The van der Waals surface area contributed by atoms with Crippen LogP contribution in [0.1, 0.15) is 41.0 Å². The average Bonchev–Trinajstić information content (AvgIpc) is 3.21. The van der Waals surface area contributed by atoms with Crippen LogP contribution in [-0.2, 0) is 4.79 Å². The smallest absolute Gasteiger partial charge is 0.304 e. The number of hydrogen-bond acceptors (Lipinski definition) is 10. The zero-order chi connectivity index (χ0) is 30.6. The van der Waals surface area contributed by atoms with Crippen molar-refractivity contribution in [1.82, 2.24) is 4.90 Å². The summed E-state index contributed by atoms with van der Waals surface area (Å²) in [4.78, 5) is 62.1. The molecule has 216 valence electrons. The van der Waals surface area contributed by atoms with Crippen LogP contribution < -0.4 is 10.2 Å². The van der Waals surface area contributed by atoms with Crippen molar-refractivity contribution in [3.05, 3.63) is 90.4 Å². The summed E-state index contributed by atoms with van der Waals surface area (Å²) in [6.07, 6.45) is 0.164. The molecule has 15 heteroatoms. The van der Waals surface area contributed by atoms with E-state index in [1.165, 1.54) is 4.90 Å². The maximum absolute atomic E-state index is 12.8. The third-order valence-corrected chi connectivity index (χ3v) is 7.09. The first-order valence-electron chi connectivity index (χ1n) is 12.7. The van der Waals surface area contributed by atoms with E-state index < -0.39 is 21.2 Å². The highest BCUT2D eigenvalue weighted by Crippen LogP contribution is 2.41. The van der Waals surface area contributed by atoms with Crippen LogP contribution in [0.25, 0.3) is 0 Å². The molecule has 0 saturated heterocycles. The van der Waals surface area contributed by atoms with Crippen molar-refractivity contribution in [2.24, 2.45) is 10.2 Å². The first kappa shape index (κ1) is 29.9. The fourth-order valence-corrected chi connectivity index (χ4v) is 4.81. The standard InChI is InChI=1S/C27H24BrN7O7/c1-3-24(36)29-22-14-16(32(4-2)11-12-33-26(37)18-7-5-6-8-19(18)27(33)38)9-10-21(22)30-31-25-20(28)13-17(34(39)40)15-23(25)35(41)42/h5-10,13-15H,3-4,11-12H2,1-2H3,(H,29,36). The summed E-state index contributed by atoms with van der Waals surface area (Å²) in [5.74, 6) is -1.03. The van der Waals surface area contributed by atoms with Crippen molar-refractivity contribution in [3.63, 3.8) is 0 Å². The lowest BCUT2D eigenvalue weighted by atomic mass is 10.1. The number of halogens is 1. The number of fused-ring (bicyclic) bond motifs is 1. The Bertz CT molecular complexity index is 1610. The Morgan fingerprint density at radius 2 is 1.64 bits per heavy atom. The largest absolute Gasteiger partial charge is 0.370 e. The van der Waals surface area contributed by atoms with Gasteiger partial charge in [0, 0.05) is 37.8 Å². The van der Waals surface area contributed by atoms with Crippen LogP contribution in [-0.4, -0.2) is 52.1 Å². The molecule has 14 nitrogen and oxygen atoms in total. The number of nitrogens with zero attached hydrogens (tertiary/aromatic N) is 6. The van der Waals surface area contributed by atoms with E-state index in [0.29, 0.717) is 29.9 Å². The van der Waals surface area contributed by atoms with Gasteiger partial charge >= 0.3 is 5.69 Å². The molecule has 1 N–H and O–H groups in total. The molecule has 0 aromatic heterocycles. The van der Waals surface area contributed by atoms with Gasteiger partial charge < -0.3 is 10.2 Å². The minimum Gasteiger partial charge on any atom is -0.370 e. The molecule has 1 heterocycles. The Kier molecular flexibility index (Phi) is 9.00. The van der Waals surface area contributed by atoms with E-state index in [0.717, 1.165) is 12.1 Å². The minimum atomic E-state index is -0.803. The Morgan fingerprint density at radius 1 is 0.976 bits per heavy atom.